The monoisotopic (exact) mass is 370 g/mol. The van der Waals surface area contributed by atoms with Crippen molar-refractivity contribution in [1.82, 2.24) is 9.80 Å². The van der Waals surface area contributed by atoms with Gasteiger partial charge in [-0.05, 0) is 39.8 Å². The van der Waals surface area contributed by atoms with Crippen molar-refractivity contribution in [3.63, 3.8) is 0 Å². The molecule has 0 aromatic rings. The van der Waals surface area contributed by atoms with Gasteiger partial charge in [-0.1, -0.05) is 27.7 Å². The first-order chi connectivity index (χ1) is 12.4. The van der Waals surface area contributed by atoms with Gasteiger partial charge in [0.25, 0.3) is 0 Å². The van der Waals surface area contributed by atoms with Crippen LogP contribution in [0.4, 0.5) is 0 Å². The van der Waals surface area contributed by atoms with E-state index in [1.54, 1.807) is 0 Å². The standard InChI is InChI=1S/C20H38N2O4/c1-7-17(5)21(9-3)13-15-25-19(23)11-12-20(24)26-16-14-22(10-4)18(6)8-2/h11-12,17-18H,7-10,13-16H2,1-6H3/b12-11-. The lowest BCUT2D eigenvalue weighted by Gasteiger charge is -2.26. The summed E-state index contributed by atoms with van der Waals surface area (Å²) in [6.45, 7) is 16.6. The van der Waals surface area contributed by atoms with Gasteiger partial charge in [-0.15, -0.1) is 0 Å². The molecular formula is C20H38N2O4. The lowest BCUT2D eigenvalue weighted by atomic mass is 10.2. The highest BCUT2D eigenvalue weighted by molar-refractivity contribution is 5.91. The number of hydrogen-bond acceptors (Lipinski definition) is 6. The van der Waals surface area contributed by atoms with Crippen molar-refractivity contribution in [2.24, 2.45) is 0 Å². The van der Waals surface area contributed by atoms with Gasteiger partial charge < -0.3 is 9.47 Å². The number of carbonyl (C=O) groups is 2. The van der Waals surface area contributed by atoms with Crippen molar-refractivity contribution in [3.05, 3.63) is 12.2 Å². The molecule has 0 heterocycles. The predicted molar refractivity (Wildman–Crippen MR) is 105 cm³/mol. The van der Waals surface area contributed by atoms with E-state index in [1.165, 1.54) is 0 Å². The third-order valence-electron chi connectivity index (χ3n) is 4.84. The van der Waals surface area contributed by atoms with E-state index in [0.29, 0.717) is 38.4 Å². The number of likely N-dealkylation sites (N-methyl/N-ethyl adjacent to an activating group) is 2. The molecule has 0 N–H and O–H groups in total. The van der Waals surface area contributed by atoms with E-state index < -0.39 is 11.9 Å². The van der Waals surface area contributed by atoms with Crippen molar-refractivity contribution in [2.75, 3.05) is 39.4 Å². The summed E-state index contributed by atoms with van der Waals surface area (Å²) >= 11 is 0. The summed E-state index contributed by atoms with van der Waals surface area (Å²) in [5, 5.41) is 0. The first kappa shape index (κ1) is 24.6. The molecule has 2 unspecified atom stereocenters. The Bertz CT molecular complexity index is 388. The molecule has 0 aromatic heterocycles. The summed E-state index contributed by atoms with van der Waals surface area (Å²) in [6, 6.07) is 0.921. The number of esters is 2. The molecule has 0 aliphatic heterocycles. The van der Waals surface area contributed by atoms with E-state index in [2.05, 4.69) is 51.3 Å². The first-order valence-corrected chi connectivity index (χ1v) is 9.89. The molecule has 0 radical (unpaired) electrons. The summed E-state index contributed by atoms with van der Waals surface area (Å²) in [5.74, 6) is -1.03. The molecule has 6 nitrogen and oxygen atoms in total. The molecule has 0 aliphatic carbocycles. The molecule has 0 rings (SSSR count). The highest BCUT2D eigenvalue weighted by Crippen LogP contribution is 2.03. The average molecular weight is 371 g/mol. The fourth-order valence-electron chi connectivity index (χ4n) is 2.66. The smallest absolute Gasteiger partial charge is 0.331 e. The Kier molecular flexibility index (Phi) is 13.9. The van der Waals surface area contributed by atoms with Gasteiger partial charge in [0.05, 0.1) is 0 Å². The largest absolute Gasteiger partial charge is 0.461 e. The molecule has 26 heavy (non-hydrogen) atoms. The number of carbonyl (C=O) groups excluding carboxylic acids is 2. The minimum Gasteiger partial charge on any atom is -0.461 e. The zero-order valence-corrected chi connectivity index (χ0v) is 17.5. The van der Waals surface area contributed by atoms with Crippen molar-refractivity contribution in [2.45, 2.75) is 66.5 Å². The third-order valence-corrected chi connectivity index (χ3v) is 4.84. The van der Waals surface area contributed by atoms with Crippen molar-refractivity contribution in [3.8, 4) is 0 Å². The molecule has 0 spiro atoms. The summed E-state index contributed by atoms with van der Waals surface area (Å²) < 4.78 is 10.3. The molecule has 6 heteroatoms. The summed E-state index contributed by atoms with van der Waals surface area (Å²) in [5.41, 5.74) is 0. The SMILES string of the molecule is CCC(C)N(CC)CCOC(=O)/C=C\C(=O)OCCN(CC)C(C)CC. The van der Waals surface area contributed by atoms with Crippen molar-refractivity contribution >= 4 is 11.9 Å². The van der Waals surface area contributed by atoms with Crippen LogP contribution in [-0.4, -0.2) is 73.2 Å². The van der Waals surface area contributed by atoms with Crippen LogP contribution in [0.1, 0.15) is 54.4 Å². The van der Waals surface area contributed by atoms with E-state index in [1.807, 2.05) is 0 Å². The molecule has 0 saturated heterocycles. The molecule has 2 atom stereocenters. The summed E-state index contributed by atoms with van der Waals surface area (Å²) in [6.07, 6.45) is 4.38. The summed E-state index contributed by atoms with van der Waals surface area (Å²) in [7, 11) is 0. The van der Waals surface area contributed by atoms with Gasteiger partial charge in [-0.2, -0.15) is 0 Å². The van der Waals surface area contributed by atoms with Gasteiger partial charge >= 0.3 is 11.9 Å². The number of rotatable bonds is 14. The molecule has 152 valence electrons. The molecule has 0 aliphatic rings. The quantitative estimate of drug-likeness (QED) is 0.346. The van der Waals surface area contributed by atoms with Crippen LogP contribution in [0.2, 0.25) is 0 Å². The van der Waals surface area contributed by atoms with Gasteiger partial charge in [0.2, 0.25) is 0 Å². The van der Waals surface area contributed by atoms with Gasteiger partial charge in [-0.3, -0.25) is 9.80 Å². The lowest BCUT2D eigenvalue weighted by Crippen LogP contribution is -2.35. The van der Waals surface area contributed by atoms with Gasteiger partial charge in [0, 0.05) is 37.3 Å². The lowest BCUT2D eigenvalue weighted by molar-refractivity contribution is -0.141. The summed E-state index contributed by atoms with van der Waals surface area (Å²) in [4.78, 5) is 27.8. The van der Waals surface area contributed by atoms with Gasteiger partial charge in [-0.25, -0.2) is 9.59 Å². The second-order valence-electron chi connectivity index (χ2n) is 6.44. The molecule has 0 saturated carbocycles. The van der Waals surface area contributed by atoms with E-state index in [9.17, 15) is 9.59 Å². The van der Waals surface area contributed by atoms with Crippen molar-refractivity contribution in [1.29, 1.82) is 0 Å². The minimum atomic E-state index is -0.517. The fourth-order valence-corrected chi connectivity index (χ4v) is 2.66. The minimum absolute atomic E-state index is 0.316. The zero-order valence-electron chi connectivity index (χ0n) is 17.5. The van der Waals surface area contributed by atoms with Crippen LogP contribution in [-0.2, 0) is 19.1 Å². The fraction of sp³-hybridized carbons (Fsp3) is 0.800. The second-order valence-corrected chi connectivity index (χ2v) is 6.44. The Morgan fingerprint density at radius 3 is 1.38 bits per heavy atom. The van der Waals surface area contributed by atoms with E-state index in [-0.39, 0.29) is 0 Å². The topological polar surface area (TPSA) is 59.1 Å². The van der Waals surface area contributed by atoms with E-state index in [0.717, 1.165) is 38.1 Å². The predicted octanol–water partition coefficient (Wildman–Crippen LogP) is 2.87. The van der Waals surface area contributed by atoms with Crippen molar-refractivity contribution < 1.29 is 19.1 Å². The van der Waals surface area contributed by atoms with E-state index >= 15 is 0 Å². The molecular weight excluding hydrogens is 332 g/mol. The number of hydrogen-bond donors (Lipinski definition) is 0. The number of ether oxygens (including phenoxy) is 2. The van der Waals surface area contributed by atoms with Crippen LogP contribution < -0.4 is 0 Å². The average Bonchev–Trinajstić information content (AvgIpc) is 2.65. The van der Waals surface area contributed by atoms with Crippen LogP contribution in [0, 0.1) is 0 Å². The van der Waals surface area contributed by atoms with Crippen LogP contribution >= 0.6 is 0 Å². The highest BCUT2D eigenvalue weighted by Gasteiger charge is 2.11. The maximum atomic E-state index is 11.7. The Morgan fingerprint density at radius 1 is 0.769 bits per heavy atom. The van der Waals surface area contributed by atoms with Gasteiger partial charge in [0.15, 0.2) is 0 Å². The Labute approximate surface area is 159 Å². The van der Waals surface area contributed by atoms with Crippen LogP contribution in [0.3, 0.4) is 0 Å². The second kappa shape index (κ2) is 14.7. The maximum absolute atomic E-state index is 11.7. The zero-order chi connectivity index (χ0) is 19.9. The number of nitrogens with zero attached hydrogens (tertiary/aromatic N) is 2. The first-order valence-electron chi connectivity index (χ1n) is 9.89. The molecule has 0 bridgehead atoms. The van der Waals surface area contributed by atoms with Crippen LogP contribution in [0.25, 0.3) is 0 Å². The Morgan fingerprint density at radius 2 is 1.12 bits per heavy atom. The molecule has 0 fully saturated rings. The Balaban J connectivity index is 4.06. The third kappa shape index (κ3) is 10.6. The highest BCUT2D eigenvalue weighted by atomic mass is 16.5. The van der Waals surface area contributed by atoms with Gasteiger partial charge in [0.1, 0.15) is 13.2 Å². The normalized spacial score (nSPS) is 14.0. The molecule has 0 aromatic carbocycles. The van der Waals surface area contributed by atoms with Crippen LogP contribution in [0.5, 0.6) is 0 Å². The maximum Gasteiger partial charge on any atom is 0.331 e. The van der Waals surface area contributed by atoms with E-state index in [4.69, 9.17) is 9.47 Å². The Hall–Kier alpha value is -1.40. The molecule has 0 amide bonds. The van der Waals surface area contributed by atoms with Crippen LogP contribution in [0.15, 0.2) is 12.2 Å².